The number of hydrogen-bond donors (Lipinski definition) is 1. The lowest BCUT2D eigenvalue weighted by atomic mass is 9.90. The highest BCUT2D eigenvalue weighted by Crippen LogP contribution is 2.53. The molecule has 2 aromatic heterocycles. The van der Waals surface area contributed by atoms with Gasteiger partial charge in [0, 0.05) is 11.8 Å². The molecule has 0 bridgehead atoms. The minimum absolute atomic E-state index is 0.320. The van der Waals surface area contributed by atoms with E-state index in [1.54, 1.807) is 19.2 Å². The molecule has 6 nitrogen and oxygen atoms in total. The third kappa shape index (κ3) is 2.71. The zero-order valence-corrected chi connectivity index (χ0v) is 17.4. The van der Waals surface area contributed by atoms with Crippen molar-refractivity contribution in [2.75, 3.05) is 12.4 Å². The van der Waals surface area contributed by atoms with E-state index in [9.17, 15) is 0 Å². The fraction of sp³-hybridized carbons (Fsp3) is 0.381. The summed E-state index contributed by atoms with van der Waals surface area (Å²) in [7, 11) is 1.55. The molecular formula is C21H21ClFN5O. The van der Waals surface area contributed by atoms with Crippen LogP contribution in [0.25, 0.3) is 16.8 Å². The Hall–Kier alpha value is -2.67. The maximum absolute atomic E-state index is 15.5. The molecule has 2 aliphatic rings. The molecule has 0 radical (unpaired) electrons. The van der Waals surface area contributed by atoms with Crippen molar-refractivity contribution in [1.29, 1.82) is 0 Å². The minimum atomic E-state index is -0.549. The van der Waals surface area contributed by atoms with E-state index in [2.05, 4.69) is 20.5 Å². The quantitative estimate of drug-likeness (QED) is 0.656. The molecular weight excluding hydrogens is 393 g/mol. The van der Waals surface area contributed by atoms with Gasteiger partial charge in [-0.1, -0.05) is 11.6 Å². The molecule has 0 saturated heterocycles. The second kappa shape index (κ2) is 6.16. The van der Waals surface area contributed by atoms with Crippen molar-refractivity contribution < 1.29 is 9.13 Å². The lowest BCUT2D eigenvalue weighted by Gasteiger charge is -2.36. The number of benzene rings is 1. The van der Waals surface area contributed by atoms with Crippen LogP contribution in [0.3, 0.4) is 0 Å². The number of aromatic nitrogens is 4. The average Bonchev–Trinajstić information content (AvgIpc) is 3.43. The van der Waals surface area contributed by atoms with E-state index in [4.69, 9.17) is 16.3 Å². The van der Waals surface area contributed by atoms with Gasteiger partial charge in [0.2, 0.25) is 5.88 Å². The summed E-state index contributed by atoms with van der Waals surface area (Å²) in [5, 5.41) is 12.5. The number of halogens is 2. The van der Waals surface area contributed by atoms with Gasteiger partial charge >= 0.3 is 0 Å². The van der Waals surface area contributed by atoms with E-state index >= 15 is 4.39 Å². The molecule has 1 aliphatic carbocycles. The first kappa shape index (κ1) is 18.4. The Morgan fingerprint density at radius 1 is 1.24 bits per heavy atom. The van der Waals surface area contributed by atoms with E-state index in [1.165, 1.54) is 6.20 Å². The van der Waals surface area contributed by atoms with Gasteiger partial charge in [0.25, 0.3) is 0 Å². The van der Waals surface area contributed by atoms with Crippen molar-refractivity contribution in [2.24, 2.45) is 0 Å². The van der Waals surface area contributed by atoms with Crippen molar-refractivity contribution in [3.05, 3.63) is 46.4 Å². The summed E-state index contributed by atoms with van der Waals surface area (Å²) in [6.07, 6.45) is 3.62. The lowest BCUT2D eigenvalue weighted by molar-refractivity contribution is 0.399. The van der Waals surface area contributed by atoms with Gasteiger partial charge in [0.1, 0.15) is 11.6 Å². The van der Waals surface area contributed by atoms with Crippen molar-refractivity contribution in [2.45, 2.75) is 45.1 Å². The molecule has 1 aromatic carbocycles. The van der Waals surface area contributed by atoms with E-state index < -0.39 is 5.54 Å². The highest BCUT2D eigenvalue weighted by Gasteiger charge is 2.41. The largest absolute Gasteiger partial charge is 0.481 e. The van der Waals surface area contributed by atoms with Crippen molar-refractivity contribution in [3.8, 4) is 22.7 Å². The first-order chi connectivity index (χ1) is 13.8. The first-order valence-electron chi connectivity index (χ1n) is 9.59. The van der Waals surface area contributed by atoms with Gasteiger partial charge in [-0.05, 0) is 62.8 Å². The van der Waals surface area contributed by atoms with Crippen LogP contribution in [-0.2, 0) is 5.54 Å². The first-order valence-corrected chi connectivity index (χ1v) is 9.97. The summed E-state index contributed by atoms with van der Waals surface area (Å²) in [5.41, 5.74) is 3.19. The van der Waals surface area contributed by atoms with Crippen LogP contribution in [0.15, 0.2) is 18.3 Å². The van der Waals surface area contributed by atoms with Crippen LogP contribution in [0.1, 0.15) is 49.8 Å². The van der Waals surface area contributed by atoms with Crippen molar-refractivity contribution in [1.82, 2.24) is 19.7 Å². The highest BCUT2D eigenvalue weighted by atomic mass is 35.5. The fourth-order valence-corrected chi connectivity index (χ4v) is 4.35. The van der Waals surface area contributed by atoms with Crippen LogP contribution in [0.2, 0.25) is 5.02 Å². The molecule has 1 saturated carbocycles. The van der Waals surface area contributed by atoms with E-state index in [0.29, 0.717) is 28.1 Å². The van der Waals surface area contributed by atoms with E-state index in [0.717, 1.165) is 41.3 Å². The third-order valence-corrected chi connectivity index (χ3v) is 5.83. The smallest absolute Gasteiger partial charge is 0.221 e. The summed E-state index contributed by atoms with van der Waals surface area (Å²) >= 11 is 6.23. The fourth-order valence-electron chi connectivity index (χ4n) is 4.20. The Kier molecular flexibility index (Phi) is 3.90. The van der Waals surface area contributed by atoms with Crippen LogP contribution in [-0.4, -0.2) is 26.9 Å². The molecule has 5 rings (SSSR count). The van der Waals surface area contributed by atoms with E-state index in [-0.39, 0.29) is 5.82 Å². The molecule has 0 unspecified atom stereocenters. The van der Waals surface area contributed by atoms with Crippen molar-refractivity contribution in [3.63, 3.8) is 0 Å². The molecule has 1 N–H and O–H groups in total. The zero-order chi connectivity index (χ0) is 20.5. The van der Waals surface area contributed by atoms with Crippen LogP contribution >= 0.6 is 11.6 Å². The second-order valence-corrected chi connectivity index (χ2v) is 8.62. The Morgan fingerprint density at radius 2 is 2.00 bits per heavy atom. The normalized spacial score (nSPS) is 16.8. The topological polar surface area (TPSA) is 64.9 Å². The van der Waals surface area contributed by atoms with Gasteiger partial charge in [0.05, 0.1) is 29.0 Å². The molecule has 1 fully saturated rings. The predicted molar refractivity (Wildman–Crippen MR) is 109 cm³/mol. The van der Waals surface area contributed by atoms with Gasteiger partial charge in [-0.2, -0.15) is 0 Å². The number of anilines is 1. The standard InChI is InChI=1S/C21H21ClFN5O/c1-10-26-27-20-21(2,3)25-17-15(23)8-13(14-7-12(22)9-24-19(14)29-4)16(11-5-6-11)18(17)28(10)20/h7-9,11,25H,5-6H2,1-4H3. The molecule has 3 heterocycles. The van der Waals surface area contributed by atoms with E-state index in [1.807, 2.05) is 25.3 Å². The molecule has 29 heavy (non-hydrogen) atoms. The summed E-state index contributed by atoms with van der Waals surface area (Å²) in [5.74, 6) is 1.89. The van der Waals surface area contributed by atoms with Gasteiger partial charge in [-0.3, -0.25) is 4.57 Å². The highest BCUT2D eigenvalue weighted by molar-refractivity contribution is 6.30. The average molecular weight is 414 g/mol. The number of pyridine rings is 1. The Morgan fingerprint density at radius 3 is 2.69 bits per heavy atom. The third-order valence-electron chi connectivity index (χ3n) is 5.62. The number of ether oxygens (including phenoxy) is 1. The number of fused-ring (bicyclic) bond motifs is 3. The Bertz CT molecular complexity index is 1150. The number of aryl methyl sites for hydroxylation is 1. The molecule has 150 valence electrons. The summed E-state index contributed by atoms with van der Waals surface area (Å²) < 4.78 is 22.9. The maximum Gasteiger partial charge on any atom is 0.221 e. The number of nitrogens with one attached hydrogen (secondary N) is 1. The summed E-state index contributed by atoms with van der Waals surface area (Å²) in [6, 6.07) is 3.34. The van der Waals surface area contributed by atoms with Gasteiger partial charge in [-0.25, -0.2) is 9.37 Å². The number of rotatable bonds is 3. The number of nitrogens with zero attached hydrogens (tertiary/aromatic N) is 4. The zero-order valence-electron chi connectivity index (χ0n) is 16.7. The molecule has 0 atom stereocenters. The molecule has 3 aromatic rings. The van der Waals surface area contributed by atoms with Gasteiger partial charge in [0.15, 0.2) is 5.82 Å². The number of methoxy groups -OCH3 is 1. The lowest BCUT2D eigenvalue weighted by Crippen LogP contribution is -2.37. The Labute approximate surface area is 173 Å². The van der Waals surface area contributed by atoms with Crippen LogP contribution in [0, 0.1) is 12.7 Å². The van der Waals surface area contributed by atoms with Crippen LogP contribution in [0.4, 0.5) is 10.1 Å². The second-order valence-electron chi connectivity index (χ2n) is 8.18. The number of hydrogen-bond acceptors (Lipinski definition) is 5. The Balaban J connectivity index is 1.88. The van der Waals surface area contributed by atoms with Crippen LogP contribution in [0.5, 0.6) is 5.88 Å². The molecule has 0 amide bonds. The predicted octanol–water partition coefficient (Wildman–Crippen LogP) is 4.98. The summed E-state index contributed by atoms with van der Waals surface area (Å²) in [6.45, 7) is 5.85. The maximum atomic E-state index is 15.5. The SMILES string of the molecule is COc1ncc(Cl)cc1-c1cc(F)c2c(c1C1CC1)-n1c(C)nnc1C(C)(C)N2. The molecule has 8 heteroatoms. The van der Waals surface area contributed by atoms with Crippen LogP contribution < -0.4 is 10.1 Å². The molecule has 0 spiro atoms. The van der Waals surface area contributed by atoms with Gasteiger partial charge < -0.3 is 10.1 Å². The van der Waals surface area contributed by atoms with Crippen molar-refractivity contribution >= 4 is 17.3 Å². The van der Waals surface area contributed by atoms with Gasteiger partial charge in [-0.15, -0.1) is 10.2 Å². The summed E-state index contributed by atoms with van der Waals surface area (Å²) in [4.78, 5) is 4.29. The minimum Gasteiger partial charge on any atom is -0.481 e. The monoisotopic (exact) mass is 413 g/mol. The molecule has 1 aliphatic heterocycles.